The highest BCUT2D eigenvalue weighted by Gasteiger charge is 2.27. The number of piperidine rings is 1. The molecular weight excluding hydrogens is 309 g/mol. The highest BCUT2D eigenvalue weighted by molar-refractivity contribution is 5.77. The lowest BCUT2D eigenvalue weighted by Gasteiger charge is -2.33. The van der Waals surface area contributed by atoms with Crippen molar-refractivity contribution in [2.24, 2.45) is 0 Å². The van der Waals surface area contributed by atoms with Crippen LogP contribution in [0.5, 0.6) is 0 Å². The lowest BCUT2D eigenvalue weighted by atomic mass is 9.91. The van der Waals surface area contributed by atoms with Gasteiger partial charge in [-0.05, 0) is 25.0 Å². The predicted octanol–water partition coefficient (Wildman–Crippen LogP) is 2.64. The SMILES string of the molecule is COCC(=O)N1CCCC(c2nccnc2-c2cccc(F)c2)C1. The average molecular weight is 329 g/mol. The number of rotatable bonds is 4. The number of likely N-dealkylation sites (tertiary alicyclic amines) is 1. The zero-order valence-electron chi connectivity index (χ0n) is 13.6. The fourth-order valence-electron chi connectivity index (χ4n) is 3.15. The standard InChI is InChI=1S/C18H20FN3O2/c1-24-12-16(23)22-9-3-5-14(11-22)18-17(20-7-8-21-18)13-4-2-6-15(19)10-13/h2,4,6-8,10,14H,3,5,9,11-12H2,1H3. The first-order valence-corrected chi connectivity index (χ1v) is 8.02. The van der Waals surface area contributed by atoms with Crippen molar-refractivity contribution in [1.82, 2.24) is 14.9 Å². The monoisotopic (exact) mass is 329 g/mol. The van der Waals surface area contributed by atoms with Gasteiger partial charge in [0.25, 0.3) is 0 Å². The highest BCUT2D eigenvalue weighted by Crippen LogP contribution is 2.31. The molecule has 126 valence electrons. The molecule has 1 amide bonds. The van der Waals surface area contributed by atoms with Crippen LogP contribution in [0.15, 0.2) is 36.7 Å². The van der Waals surface area contributed by atoms with Crippen molar-refractivity contribution in [3.8, 4) is 11.3 Å². The Bertz CT molecular complexity index is 723. The van der Waals surface area contributed by atoms with Gasteiger partial charge in [0, 0.05) is 44.1 Å². The molecule has 1 aliphatic heterocycles. The first-order chi connectivity index (χ1) is 11.7. The molecule has 24 heavy (non-hydrogen) atoms. The Hall–Kier alpha value is -2.34. The summed E-state index contributed by atoms with van der Waals surface area (Å²) in [6.07, 6.45) is 5.09. The summed E-state index contributed by atoms with van der Waals surface area (Å²) in [5.41, 5.74) is 2.21. The number of nitrogens with zero attached hydrogens (tertiary/aromatic N) is 3. The van der Waals surface area contributed by atoms with Crippen molar-refractivity contribution in [1.29, 1.82) is 0 Å². The van der Waals surface area contributed by atoms with Crippen LogP contribution < -0.4 is 0 Å². The van der Waals surface area contributed by atoms with E-state index in [0.717, 1.165) is 25.1 Å². The number of hydrogen-bond acceptors (Lipinski definition) is 4. The Kier molecular flexibility index (Phi) is 5.15. The molecule has 1 aromatic carbocycles. The number of aromatic nitrogens is 2. The van der Waals surface area contributed by atoms with E-state index in [9.17, 15) is 9.18 Å². The number of methoxy groups -OCH3 is 1. The van der Waals surface area contributed by atoms with Crippen molar-refractivity contribution in [2.75, 3.05) is 26.8 Å². The predicted molar refractivity (Wildman–Crippen MR) is 87.9 cm³/mol. The van der Waals surface area contributed by atoms with Gasteiger partial charge >= 0.3 is 0 Å². The van der Waals surface area contributed by atoms with E-state index in [4.69, 9.17) is 4.74 Å². The Morgan fingerprint density at radius 2 is 2.21 bits per heavy atom. The maximum Gasteiger partial charge on any atom is 0.248 e. The molecule has 1 aromatic heterocycles. The van der Waals surface area contributed by atoms with Gasteiger partial charge < -0.3 is 9.64 Å². The van der Waals surface area contributed by atoms with Crippen molar-refractivity contribution >= 4 is 5.91 Å². The van der Waals surface area contributed by atoms with E-state index in [0.29, 0.717) is 17.8 Å². The average Bonchev–Trinajstić information content (AvgIpc) is 2.62. The summed E-state index contributed by atoms with van der Waals surface area (Å²) in [6, 6.07) is 6.36. The Labute approximate surface area is 140 Å². The third-order valence-corrected chi connectivity index (χ3v) is 4.25. The fourth-order valence-corrected chi connectivity index (χ4v) is 3.15. The highest BCUT2D eigenvalue weighted by atomic mass is 19.1. The molecule has 1 fully saturated rings. The molecule has 0 saturated carbocycles. The Morgan fingerprint density at radius 3 is 3.00 bits per heavy atom. The molecule has 1 saturated heterocycles. The summed E-state index contributed by atoms with van der Waals surface area (Å²) in [5.74, 6) is -0.227. The van der Waals surface area contributed by atoms with Crippen molar-refractivity contribution in [3.63, 3.8) is 0 Å². The molecule has 6 heteroatoms. The number of hydrogen-bond donors (Lipinski definition) is 0. The van der Waals surface area contributed by atoms with Gasteiger partial charge in [-0.1, -0.05) is 12.1 Å². The van der Waals surface area contributed by atoms with Crippen LogP contribution in [0, 0.1) is 5.82 Å². The minimum atomic E-state index is -0.301. The number of halogens is 1. The normalized spacial score (nSPS) is 17.8. The lowest BCUT2D eigenvalue weighted by Crippen LogP contribution is -2.41. The van der Waals surface area contributed by atoms with Crippen LogP contribution in [0.3, 0.4) is 0 Å². The summed E-state index contributed by atoms with van der Waals surface area (Å²) < 4.78 is 18.5. The number of carbonyl (C=O) groups is 1. The van der Waals surface area contributed by atoms with E-state index >= 15 is 0 Å². The molecule has 0 radical (unpaired) electrons. The van der Waals surface area contributed by atoms with Crippen molar-refractivity contribution in [3.05, 3.63) is 48.2 Å². The van der Waals surface area contributed by atoms with Gasteiger partial charge in [-0.15, -0.1) is 0 Å². The Balaban J connectivity index is 1.88. The quantitative estimate of drug-likeness (QED) is 0.865. The van der Waals surface area contributed by atoms with Crippen LogP contribution in [-0.2, 0) is 9.53 Å². The molecule has 0 aliphatic carbocycles. The molecule has 1 aliphatic rings. The minimum Gasteiger partial charge on any atom is -0.375 e. The first kappa shape index (κ1) is 16.5. The van der Waals surface area contributed by atoms with Crippen molar-refractivity contribution < 1.29 is 13.9 Å². The van der Waals surface area contributed by atoms with Crippen molar-refractivity contribution in [2.45, 2.75) is 18.8 Å². The summed E-state index contributed by atoms with van der Waals surface area (Å²) in [7, 11) is 1.52. The molecular formula is C18H20FN3O2. The summed E-state index contributed by atoms with van der Waals surface area (Å²) in [4.78, 5) is 22.8. The van der Waals surface area contributed by atoms with Gasteiger partial charge in [0.15, 0.2) is 0 Å². The van der Waals surface area contributed by atoms with Gasteiger partial charge in [-0.3, -0.25) is 14.8 Å². The lowest BCUT2D eigenvalue weighted by molar-refractivity contribution is -0.136. The molecule has 0 bridgehead atoms. The molecule has 2 aromatic rings. The van der Waals surface area contributed by atoms with Crippen LogP contribution in [0.4, 0.5) is 4.39 Å². The van der Waals surface area contributed by atoms with Crippen LogP contribution in [0.25, 0.3) is 11.3 Å². The second-order valence-electron chi connectivity index (χ2n) is 5.91. The van der Waals surface area contributed by atoms with Gasteiger partial charge in [0.2, 0.25) is 5.91 Å². The molecule has 3 rings (SSSR count). The van der Waals surface area contributed by atoms with Gasteiger partial charge in [-0.25, -0.2) is 4.39 Å². The second kappa shape index (κ2) is 7.49. The maximum absolute atomic E-state index is 13.6. The van der Waals surface area contributed by atoms with Crippen LogP contribution >= 0.6 is 0 Å². The van der Waals surface area contributed by atoms with Crippen LogP contribution in [0.1, 0.15) is 24.5 Å². The summed E-state index contributed by atoms with van der Waals surface area (Å²) in [5, 5.41) is 0. The summed E-state index contributed by atoms with van der Waals surface area (Å²) >= 11 is 0. The van der Waals surface area contributed by atoms with Gasteiger partial charge in [0.05, 0.1) is 11.4 Å². The topological polar surface area (TPSA) is 55.3 Å². The smallest absolute Gasteiger partial charge is 0.248 e. The van der Waals surface area contributed by atoms with E-state index in [1.165, 1.54) is 19.2 Å². The van der Waals surface area contributed by atoms with Gasteiger partial charge in [0.1, 0.15) is 12.4 Å². The Morgan fingerprint density at radius 1 is 1.38 bits per heavy atom. The van der Waals surface area contributed by atoms with Crippen LogP contribution in [0.2, 0.25) is 0 Å². The van der Waals surface area contributed by atoms with E-state index in [-0.39, 0.29) is 24.2 Å². The number of amides is 1. The number of ether oxygens (including phenoxy) is 1. The van der Waals surface area contributed by atoms with Gasteiger partial charge in [-0.2, -0.15) is 0 Å². The van der Waals surface area contributed by atoms with E-state index < -0.39 is 0 Å². The zero-order chi connectivity index (χ0) is 16.9. The van der Waals surface area contributed by atoms with E-state index in [1.54, 1.807) is 18.5 Å². The second-order valence-corrected chi connectivity index (χ2v) is 5.91. The maximum atomic E-state index is 13.6. The molecule has 2 heterocycles. The zero-order valence-corrected chi connectivity index (χ0v) is 13.6. The molecule has 1 unspecified atom stereocenters. The third-order valence-electron chi connectivity index (χ3n) is 4.25. The molecule has 1 atom stereocenters. The summed E-state index contributed by atoms with van der Waals surface area (Å²) in [6.45, 7) is 1.40. The molecule has 0 spiro atoms. The largest absolute Gasteiger partial charge is 0.375 e. The number of carbonyl (C=O) groups excluding carboxylic acids is 1. The molecule has 5 nitrogen and oxygen atoms in total. The number of benzene rings is 1. The van der Waals surface area contributed by atoms with E-state index in [1.807, 2.05) is 11.0 Å². The van der Waals surface area contributed by atoms with Crippen LogP contribution in [-0.4, -0.2) is 47.6 Å². The minimum absolute atomic E-state index is 0.0154. The van der Waals surface area contributed by atoms with E-state index in [2.05, 4.69) is 9.97 Å². The first-order valence-electron chi connectivity index (χ1n) is 8.02. The fraction of sp³-hybridized carbons (Fsp3) is 0.389. The third kappa shape index (κ3) is 3.59. The molecule has 0 N–H and O–H groups in total.